The van der Waals surface area contributed by atoms with Crippen LogP contribution in [0.15, 0.2) is 60.7 Å². The lowest BCUT2D eigenvalue weighted by Crippen LogP contribution is -2.46. The monoisotopic (exact) mass is 393 g/mol. The summed E-state index contributed by atoms with van der Waals surface area (Å²) < 4.78 is 5.22. The van der Waals surface area contributed by atoms with E-state index >= 15 is 0 Å². The van der Waals surface area contributed by atoms with Crippen LogP contribution in [0.3, 0.4) is 0 Å². The summed E-state index contributed by atoms with van der Waals surface area (Å²) >= 11 is 0. The number of non-ortho nitro benzene ring substituents is 1. The number of primary amides is 1. The molecule has 29 heavy (non-hydrogen) atoms. The van der Waals surface area contributed by atoms with Crippen LogP contribution in [0.4, 0.5) is 5.69 Å². The first-order valence-corrected chi connectivity index (χ1v) is 8.80. The molecule has 0 aromatic heterocycles. The van der Waals surface area contributed by atoms with Crippen LogP contribution in [0.25, 0.3) is 10.8 Å². The normalized spacial score (nSPS) is 11.6. The number of nitro groups is 1. The molecular formula is C21H19N3O5. The van der Waals surface area contributed by atoms with Crippen molar-refractivity contribution in [1.29, 1.82) is 0 Å². The minimum absolute atomic E-state index is 0.0449. The Hall–Kier alpha value is -3.94. The van der Waals surface area contributed by atoms with Gasteiger partial charge in [0, 0.05) is 29.7 Å². The van der Waals surface area contributed by atoms with Crippen LogP contribution in [0.2, 0.25) is 0 Å². The molecule has 0 saturated carbocycles. The fraction of sp³-hybridized carbons (Fsp3) is 0.143. The smallest absolute Gasteiger partial charge is 0.269 e. The summed E-state index contributed by atoms with van der Waals surface area (Å²) in [6, 6.07) is 15.6. The van der Waals surface area contributed by atoms with E-state index in [1.807, 2.05) is 30.3 Å². The number of hydrogen-bond donors (Lipinski definition) is 2. The van der Waals surface area contributed by atoms with Gasteiger partial charge in [-0.2, -0.15) is 0 Å². The highest BCUT2D eigenvalue weighted by Gasteiger charge is 2.23. The molecule has 0 unspecified atom stereocenters. The van der Waals surface area contributed by atoms with Crippen molar-refractivity contribution in [3.63, 3.8) is 0 Å². The molecule has 0 bridgehead atoms. The summed E-state index contributed by atoms with van der Waals surface area (Å²) in [5.74, 6) is -0.858. The molecule has 3 N–H and O–H groups in total. The molecule has 3 aromatic rings. The zero-order valence-corrected chi connectivity index (χ0v) is 15.6. The fourth-order valence-electron chi connectivity index (χ4n) is 3.14. The maximum atomic E-state index is 12.8. The third kappa shape index (κ3) is 4.32. The Bertz CT molecular complexity index is 1090. The summed E-state index contributed by atoms with van der Waals surface area (Å²) in [6.45, 7) is 0. The molecule has 0 heterocycles. The molecule has 0 radical (unpaired) electrons. The van der Waals surface area contributed by atoms with Gasteiger partial charge >= 0.3 is 0 Å². The summed E-state index contributed by atoms with van der Waals surface area (Å²) in [7, 11) is 1.42. The lowest BCUT2D eigenvalue weighted by molar-refractivity contribution is -0.384. The van der Waals surface area contributed by atoms with Gasteiger partial charge in [0.25, 0.3) is 11.6 Å². The highest BCUT2D eigenvalue weighted by atomic mass is 16.6. The number of rotatable bonds is 7. The zero-order valence-electron chi connectivity index (χ0n) is 15.6. The third-order valence-corrected chi connectivity index (χ3v) is 4.58. The molecule has 0 aliphatic heterocycles. The van der Waals surface area contributed by atoms with Gasteiger partial charge in [0.1, 0.15) is 11.8 Å². The van der Waals surface area contributed by atoms with Crippen LogP contribution in [0, 0.1) is 10.1 Å². The van der Waals surface area contributed by atoms with E-state index in [2.05, 4.69) is 5.32 Å². The van der Waals surface area contributed by atoms with Crippen LogP contribution < -0.4 is 15.8 Å². The lowest BCUT2D eigenvalue weighted by atomic mass is 10.0. The number of ether oxygens (including phenoxy) is 1. The van der Waals surface area contributed by atoms with E-state index in [1.54, 1.807) is 12.1 Å². The van der Waals surface area contributed by atoms with Gasteiger partial charge < -0.3 is 15.8 Å². The Morgan fingerprint density at radius 3 is 2.55 bits per heavy atom. The molecule has 0 spiro atoms. The highest BCUT2D eigenvalue weighted by Crippen LogP contribution is 2.25. The van der Waals surface area contributed by atoms with E-state index in [0.29, 0.717) is 16.9 Å². The van der Waals surface area contributed by atoms with E-state index in [9.17, 15) is 19.7 Å². The Morgan fingerprint density at radius 2 is 1.86 bits per heavy atom. The first-order valence-electron chi connectivity index (χ1n) is 8.80. The van der Waals surface area contributed by atoms with Crippen molar-refractivity contribution in [3.8, 4) is 5.75 Å². The summed E-state index contributed by atoms with van der Waals surface area (Å²) in [4.78, 5) is 35.3. The fourth-order valence-corrected chi connectivity index (χ4v) is 3.14. The molecule has 0 fully saturated rings. The number of nitrogens with zero attached hydrogens (tertiary/aromatic N) is 1. The van der Waals surface area contributed by atoms with Crippen molar-refractivity contribution in [2.45, 2.75) is 12.5 Å². The average Bonchev–Trinajstić information content (AvgIpc) is 2.72. The van der Waals surface area contributed by atoms with Gasteiger partial charge in [-0.15, -0.1) is 0 Å². The van der Waals surface area contributed by atoms with E-state index < -0.39 is 22.8 Å². The van der Waals surface area contributed by atoms with Gasteiger partial charge in [-0.1, -0.05) is 36.4 Å². The number of carbonyl (C=O) groups is 2. The van der Waals surface area contributed by atoms with Crippen LogP contribution in [0.1, 0.15) is 15.9 Å². The highest BCUT2D eigenvalue weighted by molar-refractivity contribution is 6.08. The molecule has 3 rings (SSSR count). The number of nitrogens with two attached hydrogens (primary N) is 1. The molecule has 3 aromatic carbocycles. The van der Waals surface area contributed by atoms with Gasteiger partial charge in [0.05, 0.1) is 12.0 Å². The van der Waals surface area contributed by atoms with Crippen molar-refractivity contribution in [1.82, 2.24) is 5.32 Å². The van der Waals surface area contributed by atoms with Crippen molar-refractivity contribution in [2.75, 3.05) is 7.11 Å². The molecule has 8 nitrogen and oxygen atoms in total. The topological polar surface area (TPSA) is 125 Å². The second-order valence-corrected chi connectivity index (χ2v) is 6.41. The Kier molecular flexibility index (Phi) is 5.73. The van der Waals surface area contributed by atoms with Crippen LogP contribution in [-0.2, 0) is 11.2 Å². The van der Waals surface area contributed by atoms with Gasteiger partial charge in [-0.25, -0.2) is 0 Å². The molecule has 0 saturated heterocycles. The summed E-state index contributed by atoms with van der Waals surface area (Å²) in [5, 5.41) is 15.3. The van der Waals surface area contributed by atoms with Crippen molar-refractivity contribution in [3.05, 3.63) is 81.9 Å². The van der Waals surface area contributed by atoms with E-state index in [4.69, 9.17) is 10.5 Å². The molecule has 0 aliphatic carbocycles. The number of nitrogens with one attached hydrogen (secondary N) is 1. The van der Waals surface area contributed by atoms with Crippen LogP contribution in [-0.4, -0.2) is 29.9 Å². The first kappa shape index (κ1) is 19.8. The standard InChI is InChI=1S/C21H19N3O5/c1-29-19-10-9-15(24(27)28)11-14(19)12-18(20(22)25)23-21(26)17-8-4-6-13-5-2-3-7-16(13)17/h2-11,18H,12H2,1H3,(H2,22,25)(H,23,26)/t18-/m0/s1. The predicted octanol–water partition coefficient (Wildman–Crippen LogP) is 2.58. The minimum Gasteiger partial charge on any atom is -0.496 e. The maximum Gasteiger partial charge on any atom is 0.269 e. The quantitative estimate of drug-likeness (QED) is 0.471. The van der Waals surface area contributed by atoms with E-state index in [1.165, 1.54) is 25.3 Å². The minimum atomic E-state index is -1.07. The zero-order chi connectivity index (χ0) is 21.0. The number of carbonyl (C=O) groups excluding carboxylic acids is 2. The lowest BCUT2D eigenvalue weighted by Gasteiger charge is -2.18. The van der Waals surface area contributed by atoms with Gasteiger partial charge in [-0.3, -0.25) is 19.7 Å². The van der Waals surface area contributed by atoms with E-state index in [0.717, 1.165) is 10.8 Å². The van der Waals surface area contributed by atoms with Gasteiger partial charge in [-0.05, 0) is 22.9 Å². The number of amides is 2. The Balaban J connectivity index is 1.89. The van der Waals surface area contributed by atoms with Crippen molar-refractivity contribution in [2.24, 2.45) is 5.73 Å². The van der Waals surface area contributed by atoms with Crippen LogP contribution in [0.5, 0.6) is 5.75 Å². The average molecular weight is 393 g/mol. The van der Waals surface area contributed by atoms with Crippen molar-refractivity contribution < 1.29 is 19.2 Å². The number of methoxy groups -OCH3 is 1. The van der Waals surface area contributed by atoms with Gasteiger partial charge in [0.15, 0.2) is 0 Å². The van der Waals surface area contributed by atoms with E-state index in [-0.39, 0.29) is 12.1 Å². The molecule has 8 heteroatoms. The molecule has 0 aliphatic rings. The first-order chi connectivity index (χ1) is 13.9. The maximum absolute atomic E-state index is 12.8. The largest absolute Gasteiger partial charge is 0.496 e. The van der Waals surface area contributed by atoms with Crippen molar-refractivity contribution >= 4 is 28.3 Å². The third-order valence-electron chi connectivity index (χ3n) is 4.58. The van der Waals surface area contributed by atoms with Crippen LogP contribution >= 0.6 is 0 Å². The number of fused-ring (bicyclic) bond motifs is 1. The number of nitro benzene ring substituents is 1. The second kappa shape index (κ2) is 8.39. The van der Waals surface area contributed by atoms with Gasteiger partial charge in [0.2, 0.25) is 5.91 Å². The predicted molar refractivity (Wildman–Crippen MR) is 108 cm³/mol. The Labute approximate surface area is 166 Å². The SMILES string of the molecule is COc1ccc([N+](=O)[O-])cc1C[C@H](NC(=O)c1cccc2ccccc12)C(N)=O. The number of hydrogen-bond acceptors (Lipinski definition) is 5. The summed E-state index contributed by atoms with van der Waals surface area (Å²) in [5.41, 5.74) is 6.13. The molecule has 2 amide bonds. The second-order valence-electron chi connectivity index (χ2n) is 6.41. The summed E-state index contributed by atoms with van der Waals surface area (Å²) in [6.07, 6.45) is -0.0449. The number of benzene rings is 3. The molecule has 148 valence electrons. The Morgan fingerprint density at radius 1 is 1.14 bits per heavy atom. The molecule has 1 atom stereocenters. The molecular weight excluding hydrogens is 374 g/mol.